The van der Waals surface area contributed by atoms with Gasteiger partial charge in [-0.15, -0.1) is 10.2 Å². The summed E-state index contributed by atoms with van der Waals surface area (Å²) in [6, 6.07) is 16.8. The summed E-state index contributed by atoms with van der Waals surface area (Å²) in [6.45, 7) is 1.69. The Morgan fingerprint density at radius 2 is 1.71 bits per heavy atom. The lowest BCUT2D eigenvalue weighted by Crippen LogP contribution is -2.31. The smallest absolute Gasteiger partial charge is 0.325 e. The van der Waals surface area contributed by atoms with E-state index in [9.17, 15) is 14.4 Å². The van der Waals surface area contributed by atoms with E-state index in [2.05, 4.69) is 27.8 Å². The number of carbonyl (C=O) groups is 3. The zero-order valence-corrected chi connectivity index (χ0v) is 17.8. The molecule has 2 amide bonds. The number of hydrogen-bond donors (Lipinski definition) is 2. The highest BCUT2D eigenvalue weighted by atomic mass is 32.1. The van der Waals surface area contributed by atoms with Gasteiger partial charge in [0, 0.05) is 5.69 Å². The molecule has 1 heterocycles. The average Bonchev–Trinajstić information content (AvgIpc) is 3.27. The van der Waals surface area contributed by atoms with Crippen LogP contribution in [0, 0.1) is 0 Å². The molecule has 3 rings (SSSR count). The van der Waals surface area contributed by atoms with Crippen LogP contribution in [-0.4, -0.2) is 34.5 Å². The number of carbonyl (C=O) groups excluding carboxylic acids is 3. The van der Waals surface area contributed by atoms with Crippen LogP contribution in [0.2, 0.25) is 0 Å². The van der Waals surface area contributed by atoms with Gasteiger partial charge in [-0.25, -0.2) is 0 Å². The minimum atomic E-state index is -0.598. The molecule has 0 spiro atoms. The van der Waals surface area contributed by atoms with Gasteiger partial charge < -0.3 is 15.4 Å². The van der Waals surface area contributed by atoms with Crippen LogP contribution in [-0.2, 0) is 33.8 Å². The maximum atomic E-state index is 12.3. The van der Waals surface area contributed by atoms with Gasteiger partial charge in [-0.3, -0.25) is 14.4 Å². The molecule has 0 aliphatic carbocycles. The molecule has 0 unspecified atom stereocenters. The van der Waals surface area contributed by atoms with Crippen LogP contribution in [0.5, 0.6) is 0 Å². The highest BCUT2D eigenvalue weighted by Gasteiger charge is 2.15. The Balaban J connectivity index is 1.41. The summed E-state index contributed by atoms with van der Waals surface area (Å²) in [5, 5.41) is 13.5. The molecular formula is C22H22N4O4S. The monoisotopic (exact) mass is 438 g/mol. The van der Waals surface area contributed by atoms with Crippen LogP contribution in [0.3, 0.4) is 0 Å². The first kappa shape index (κ1) is 22.1. The second kappa shape index (κ2) is 11.0. The van der Waals surface area contributed by atoms with Gasteiger partial charge >= 0.3 is 5.97 Å². The molecule has 2 N–H and O–H groups in total. The van der Waals surface area contributed by atoms with Gasteiger partial charge in [0.15, 0.2) is 5.01 Å². The molecule has 8 nitrogen and oxygen atoms in total. The third kappa shape index (κ3) is 7.00. The minimum Gasteiger partial charge on any atom is -0.457 e. The quantitative estimate of drug-likeness (QED) is 0.497. The predicted molar refractivity (Wildman–Crippen MR) is 117 cm³/mol. The number of hydrogen-bond acceptors (Lipinski definition) is 7. The first-order valence-corrected chi connectivity index (χ1v) is 10.5. The normalized spacial score (nSPS) is 10.4. The van der Waals surface area contributed by atoms with Crippen molar-refractivity contribution in [3.8, 4) is 0 Å². The summed E-state index contributed by atoms with van der Waals surface area (Å²) in [5.74, 6) is -1.25. The molecule has 160 valence electrons. The Labute approximate surface area is 183 Å². The van der Waals surface area contributed by atoms with Gasteiger partial charge in [0.1, 0.15) is 13.2 Å². The highest BCUT2D eigenvalue weighted by molar-refractivity contribution is 7.13. The van der Waals surface area contributed by atoms with Crippen molar-refractivity contribution < 1.29 is 19.1 Å². The number of anilines is 1. The Morgan fingerprint density at radius 1 is 0.968 bits per heavy atom. The topological polar surface area (TPSA) is 110 Å². The van der Waals surface area contributed by atoms with Crippen LogP contribution in [0.4, 0.5) is 5.69 Å². The first-order valence-electron chi connectivity index (χ1n) is 9.72. The van der Waals surface area contributed by atoms with E-state index in [1.807, 2.05) is 54.6 Å². The Bertz CT molecular complexity index is 1040. The van der Waals surface area contributed by atoms with E-state index in [1.165, 1.54) is 5.56 Å². The lowest BCUT2D eigenvalue weighted by molar-refractivity contribution is -0.145. The van der Waals surface area contributed by atoms with E-state index < -0.39 is 5.97 Å². The highest BCUT2D eigenvalue weighted by Crippen LogP contribution is 2.15. The Hall–Kier alpha value is -3.59. The number of esters is 1. The predicted octanol–water partition coefficient (Wildman–Crippen LogP) is 2.75. The molecule has 0 bridgehead atoms. The van der Waals surface area contributed by atoms with E-state index in [4.69, 9.17) is 4.74 Å². The number of amides is 2. The molecule has 2 aromatic carbocycles. The molecule has 0 saturated heterocycles. The van der Waals surface area contributed by atoms with Crippen molar-refractivity contribution in [3.05, 3.63) is 75.7 Å². The third-order valence-electron chi connectivity index (χ3n) is 4.28. The molecule has 0 fully saturated rings. The van der Waals surface area contributed by atoms with Crippen LogP contribution in [0.1, 0.15) is 32.9 Å². The number of ether oxygens (including phenoxy) is 1. The summed E-state index contributed by atoms with van der Waals surface area (Å²) in [4.78, 5) is 36.0. The van der Waals surface area contributed by atoms with Gasteiger partial charge in [-0.2, -0.15) is 0 Å². The number of aromatic nitrogens is 2. The van der Waals surface area contributed by atoms with Crippen LogP contribution in [0.25, 0.3) is 0 Å². The van der Waals surface area contributed by atoms with E-state index in [0.29, 0.717) is 10.7 Å². The molecule has 3 aromatic rings. The molecule has 0 saturated carbocycles. The van der Waals surface area contributed by atoms with E-state index in [0.717, 1.165) is 23.3 Å². The van der Waals surface area contributed by atoms with Crippen molar-refractivity contribution >= 4 is 34.8 Å². The number of nitrogens with one attached hydrogen (secondary N) is 2. The first-order chi connectivity index (χ1) is 15.0. The van der Waals surface area contributed by atoms with Crippen LogP contribution >= 0.6 is 11.3 Å². The zero-order chi connectivity index (χ0) is 22.1. The molecule has 31 heavy (non-hydrogen) atoms. The Kier molecular flexibility index (Phi) is 7.83. The maximum absolute atomic E-state index is 12.3. The van der Waals surface area contributed by atoms with Gasteiger partial charge in [0.25, 0.3) is 5.91 Å². The van der Waals surface area contributed by atoms with Crippen LogP contribution in [0.15, 0.2) is 54.6 Å². The summed E-state index contributed by atoms with van der Waals surface area (Å²) >= 11 is 1.04. The fraction of sp³-hybridized carbons (Fsp3) is 0.227. The largest absolute Gasteiger partial charge is 0.457 e. The van der Waals surface area contributed by atoms with Crippen molar-refractivity contribution in [2.75, 3.05) is 11.9 Å². The molecule has 0 aliphatic heterocycles. The molecule has 0 aliphatic rings. The fourth-order valence-corrected chi connectivity index (χ4v) is 3.27. The SMILES string of the molecule is CCc1ccc(NC(=O)c2nnc(COC(=O)CNC(=O)Cc3ccccc3)s2)cc1. The van der Waals surface area contributed by atoms with Crippen molar-refractivity contribution in [3.63, 3.8) is 0 Å². The number of rotatable bonds is 9. The van der Waals surface area contributed by atoms with Gasteiger partial charge in [-0.1, -0.05) is 60.7 Å². The summed E-state index contributed by atoms with van der Waals surface area (Å²) in [6.07, 6.45) is 1.10. The van der Waals surface area contributed by atoms with Crippen molar-refractivity contribution in [1.82, 2.24) is 15.5 Å². The molecule has 9 heteroatoms. The number of benzene rings is 2. The molecular weight excluding hydrogens is 416 g/mol. The second-order valence-electron chi connectivity index (χ2n) is 6.61. The summed E-state index contributed by atoms with van der Waals surface area (Å²) < 4.78 is 5.09. The van der Waals surface area contributed by atoms with E-state index >= 15 is 0 Å². The molecule has 0 radical (unpaired) electrons. The van der Waals surface area contributed by atoms with Crippen molar-refractivity contribution in [1.29, 1.82) is 0 Å². The van der Waals surface area contributed by atoms with Crippen molar-refractivity contribution in [2.45, 2.75) is 26.4 Å². The number of nitrogens with zero attached hydrogens (tertiary/aromatic N) is 2. The lowest BCUT2D eigenvalue weighted by atomic mass is 10.1. The maximum Gasteiger partial charge on any atom is 0.325 e. The fourth-order valence-electron chi connectivity index (χ4n) is 2.62. The lowest BCUT2D eigenvalue weighted by Gasteiger charge is -2.05. The summed E-state index contributed by atoms with van der Waals surface area (Å²) in [5.41, 5.74) is 2.69. The third-order valence-corrected chi connectivity index (χ3v) is 5.17. The van der Waals surface area contributed by atoms with Crippen LogP contribution < -0.4 is 10.6 Å². The standard InChI is InChI=1S/C22H22N4O4S/c1-2-15-8-10-17(11-9-15)24-21(29)22-26-25-19(31-22)14-30-20(28)13-23-18(27)12-16-6-4-3-5-7-16/h3-11H,2,12-14H2,1H3,(H,23,27)(H,24,29). The van der Waals surface area contributed by atoms with E-state index in [-0.39, 0.29) is 36.4 Å². The molecule has 0 atom stereocenters. The second-order valence-corrected chi connectivity index (χ2v) is 7.67. The molecule has 1 aromatic heterocycles. The van der Waals surface area contributed by atoms with E-state index in [1.54, 1.807) is 0 Å². The number of aryl methyl sites for hydroxylation is 1. The average molecular weight is 439 g/mol. The van der Waals surface area contributed by atoms with Gasteiger partial charge in [0.05, 0.1) is 6.42 Å². The summed E-state index contributed by atoms with van der Waals surface area (Å²) in [7, 11) is 0. The van der Waals surface area contributed by atoms with Crippen molar-refractivity contribution in [2.24, 2.45) is 0 Å². The zero-order valence-electron chi connectivity index (χ0n) is 17.0. The van der Waals surface area contributed by atoms with Gasteiger partial charge in [0.2, 0.25) is 10.9 Å². The minimum absolute atomic E-state index is 0.121. The Morgan fingerprint density at radius 3 is 2.42 bits per heavy atom. The van der Waals surface area contributed by atoms with Gasteiger partial charge in [-0.05, 0) is 29.7 Å².